The molecule has 0 heterocycles. The van der Waals surface area contributed by atoms with E-state index < -0.39 is 51.1 Å². The number of hydrogen-bond acceptors (Lipinski definition) is 9. The maximum absolute atomic E-state index is 12.6. The molecule has 0 rings (SSSR count). The molecule has 0 aromatic carbocycles. The van der Waals surface area contributed by atoms with Gasteiger partial charge in [0.25, 0.3) is 0 Å². The number of carboxylic acids is 1. The van der Waals surface area contributed by atoms with Crippen LogP contribution in [0.3, 0.4) is 0 Å². The number of allylic oxidation sites excluding steroid dienone is 4. The number of carbonyl (C=O) groups is 3. The quantitative estimate of drug-likeness (QED) is 0.0242. The van der Waals surface area contributed by atoms with Gasteiger partial charge in [-0.05, 0) is 44.9 Å². The van der Waals surface area contributed by atoms with Crippen LogP contribution in [0.2, 0.25) is 0 Å². The number of hydrogen-bond donors (Lipinski definition) is 3. The number of nitrogens with two attached hydrogens (primary N) is 1. The Morgan fingerprint density at radius 3 is 1.60 bits per heavy atom. The van der Waals surface area contributed by atoms with Crippen LogP contribution in [0.4, 0.5) is 0 Å². The van der Waals surface area contributed by atoms with Crippen molar-refractivity contribution in [3.05, 3.63) is 24.3 Å². The molecule has 12 heteroatoms. The Balaban J connectivity index is 4.46. The van der Waals surface area contributed by atoms with Gasteiger partial charge < -0.3 is 25.2 Å². The van der Waals surface area contributed by atoms with Crippen LogP contribution in [0.1, 0.15) is 168 Å². The van der Waals surface area contributed by atoms with E-state index in [1.54, 1.807) is 0 Å². The van der Waals surface area contributed by atoms with Gasteiger partial charge in [0.15, 0.2) is 6.10 Å². The summed E-state index contributed by atoms with van der Waals surface area (Å²) in [6, 6.07) is -1.52. The van der Waals surface area contributed by atoms with E-state index in [0.29, 0.717) is 12.8 Å². The highest BCUT2D eigenvalue weighted by molar-refractivity contribution is 7.47. The van der Waals surface area contributed by atoms with Crippen molar-refractivity contribution >= 4 is 25.7 Å². The maximum atomic E-state index is 12.6. The molecule has 0 fully saturated rings. The summed E-state index contributed by atoms with van der Waals surface area (Å²) in [7, 11) is -4.71. The minimum Gasteiger partial charge on any atom is -0.480 e. The number of unbranched alkanes of at least 4 members (excludes halogenated alkanes) is 18. The third kappa shape index (κ3) is 33.1. The van der Waals surface area contributed by atoms with Gasteiger partial charge in [0.2, 0.25) is 0 Å². The molecule has 0 amide bonds. The van der Waals surface area contributed by atoms with E-state index in [9.17, 15) is 23.8 Å². The normalized spacial score (nSPS) is 14.2. The zero-order chi connectivity index (χ0) is 37.1. The molecule has 292 valence electrons. The average molecular weight is 732 g/mol. The number of phosphoric acid groups is 1. The van der Waals surface area contributed by atoms with E-state index in [4.69, 9.17) is 24.8 Å². The molecule has 0 bridgehead atoms. The molecule has 0 aromatic heterocycles. The minimum absolute atomic E-state index is 0.147. The second-order valence-corrected chi connectivity index (χ2v) is 14.5. The summed E-state index contributed by atoms with van der Waals surface area (Å²) >= 11 is 0. The number of aliphatic carboxylic acids is 1. The predicted octanol–water partition coefficient (Wildman–Crippen LogP) is 9.50. The molecule has 0 aliphatic rings. The highest BCUT2D eigenvalue weighted by Crippen LogP contribution is 2.43. The van der Waals surface area contributed by atoms with E-state index in [1.165, 1.54) is 64.2 Å². The standard InChI is InChI=1S/C38H70NO10P/c1-3-5-7-9-11-13-15-16-17-18-20-22-24-26-28-30-37(41)49-34(32-47-50(44,45)48-33-35(39)38(42)43)31-46-36(40)29-27-25-23-21-19-14-12-10-8-6-4-2/h11,13,16-17,34-35H,3-10,12,14-15,18-33,39H2,1-2H3,(H,42,43)(H,44,45)/t34-,35+/m1/s1. The number of ether oxygens (including phenoxy) is 2. The topological polar surface area (TPSA) is 172 Å². The average Bonchev–Trinajstić information content (AvgIpc) is 3.09. The summed E-state index contributed by atoms with van der Waals surface area (Å²) in [5.41, 5.74) is 5.31. The fourth-order valence-corrected chi connectivity index (χ4v) is 5.87. The van der Waals surface area contributed by atoms with Gasteiger partial charge in [0.1, 0.15) is 12.6 Å². The van der Waals surface area contributed by atoms with Crippen molar-refractivity contribution in [2.45, 2.75) is 180 Å². The number of carbonyl (C=O) groups excluding carboxylic acids is 2. The Labute approximate surface area is 302 Å². The SMILES string of the molecule is CCCCCC=CCC=CCCCCCCCC(=O)O[C@H](COC(=O)CCCCCCCCCCCCC)COP(=O)(O)OC[C@H](N)C(=O)O. The van der Waals surface area contributed by atoms with Gasteiger partial charge >= 0.3 is 25.7 Å². The lowest BCUT2D eigenvalue weighted by Gasteiger charge is -2.20. The van der Waals surface area contributed by atoms with Crippen molar-refractivity contribution in [3.63, 3.8) is 0 Å². The van der Waals surface area contributed by atoms with E-state index in [-0.39, 0.29) is 19.4 Å². The minimum atomic E-state index is -4.71. The van der Waals surface area contributed by atoms with Gasteiger partial charge in [0, 0.05) is 12.8 Å². The Morgan fingerprint density at radius 1 is 0.620 bits per heavy atom. The first-order valence-corrected chi connectivity index (χ1v) is 20.9. The molecule has 0 saturated heterocycles. The van der Waals surface area contributed by atoms with Crippen LogP contribution >= 0.6 is 7.82 Å². The van der Waals surface area contributed by atoms with Crippen LogP contribution in [0.15, 0.2) is 24.3 Å². The Kier molecular flexibility index (Phi) is 32.7. The smallest absolute Gasteiger partial charge is 0.472 e. The molecule has 0 saturated carbocycles. The highest BCUT2D eigenvalue weighted by atomic mass is 31.2. The Bertz CT molecular complexity index is 958. The van der Waals surface area contributed by atoms with Crippen molar-refractivity contribution < 1.29 is 47.5 Å². The largest absolute Gasteiger partial charge is 0.480 e. The third-order valence-corrected chi connectivity index (χ3v) is 9.15. The molecule has 0 aliphatic carbocycles. The fraction of sp³-hybridized carbons (Fsp3) is 0.816. The van der Waals surface area contributed by atoms with Crippen molar-refractivity contribution in [1.29, 1.82) is 0 Å². The molecule has 0 spiro atoms. The van der Waals surface area contributed by atoms with Crippen LogP contribution in [0.25, 0.3) is 0 Å². The summed E-state index contributed by atoms with van der Waals surface area (Å²) in [5.74, 6) is -2.39. The zero-order valence-corrected chi connectivity index (χ0v) is 32.1. The Morgan fingerprint density at radius 2 is 1.06 bits per heavy atom. The first-order valence-electron chi connectivity index (χ1n) is 19.4. The molecule has 1 unspecified atom stereocenters. The van der Waals surface area contributed by atoms with E-state index >= 15 is 0 Å². The number of rotatable bonds is 36. The molecular weight excluding hydrogens is 661 g/mol. The summed E-state index contributed by atoms with van der Waals surface area (Å²) in [6.07, 6.45) is 32.4. The van der Waals surface area contributed by atoms with Gasteiger partial charge in [-0.15, -0.1) is 0 Å². The lowest BCUT2D eigenvalue weighted by Crippen LogP contribution is -2.34. The molecular formula is C38H70NO10P. The van der Waals surface area contributed by atoms with Crippen molar-refractivity contribution in [3.8, 4) is 0 Å². The van der Waals surface area contributed by atoms with Gasteiger partial charge in [0.05, 0.1) is 13.2 Å². The van der Waals surface area contributed by atoms with Gasteiger partial charge in [-0.3, -0.25) is 23.4 Å². The zero-order valence-electron chi connectivity index (χ0n) is 31.2. The van der Waals surface area contributed by atoms with Crippen molar-refractivity contribution in [2.75, 3.05) is 19.8 Å². The molecule has 50 heavy (non-hydrogen) atoms. The molecule has 11 nitrogen and oxygen atoms in total. The van der Waals surface area contributed by atoms with Crippen LogP contribution in [0.5, 0.6) is 0 Å². The summed E-state index contributed by atoms with van der Waals surface area (Å²) in [4.78, 5) is 45.7. The van der Waals surface area contributed by atoms with Crippen LogP contribution < -0.4 is 5.73 Å². The first-order chi connectivity index (χ1) is 24.1. The lowest BCUT2D eigenvalue weighted by molar-refractivity contribution is -0.161. The summed E-state index contributed by atoms with van der Waals surface area (Å²) < 4.78 is 32.5. The number of phosphoric ester groups is 1. The second kappa shape index (κ2) is 34.1. The number of esters is 2. The second-order valence-electron chi connectivity index (χ2n) is 13.1. The number of carboxylic acid groups (broad SMARTS) is 1. The van der Waals surface area contributed by atoms with Crippen molar-refractivity contribution in [1.82, 2.24) is 0 Å². The predicted molar refractivity (Wildman–Crippen MR) is 199 cm³/mol. The van der Waals surface area contributed by atoms with E-state index in [2.05, 4.69) is 42.7 Å². The highest BCUT2D eigenvalue weighted by Gasteiger charge is 2.28. The molecule has 0 aromatic rings. The fourth-order valence-electron chi connectivity index (χ4n) is 5.09. The van der Waals surface area contributed by atoms with Crippen LogP contribution in [0, 0.1) is 0 Å². The lowest BCUT2D eigenvalue weighted by atomic mass is 10.1. The first kappa shape index (κ1) is 48.0. The van der Waals surface area contributed by atoms with Crippen LogP contribution in [-0.2, 0) is 37.5 Å². The van der Waals surface area contributed by atoms with Gasteiger partial charge in [-0.25, -0.2) is 4.57 Å². The summed E-state index contributed by atoms with van der Waals surface area (Å²) in [6.45, 7) is 2.74. The molecule has 0 radical (unpaired) electrons. The molecule has 4 N–H and O–H groups in total. The van der Waals surface area contributed by atoms with Crippen molar-refractivity contribution in [2.24, 2.45) is 5.73 Å². The van der Waals surface area contributed by atoms with Gasteiger partial charge in [-0.2, -0.15) is 0 Å². The Hall–Kier alpha value is -2.04. The van der Waals surface area contributed by atoms with Gasteiger partial charge in [-0.1, -0.05) is 134 Å². The third-order valence-electron chi connectivity index (χ3n) is 8.20. The molecule has 0 aliphatic heterocycles. The van der Waals surface area contributed by atoms with Crippen LogP contribution in [-0.4, -0.2) is 59.9 Å². The molecule has 3 atom stereocenters. The van der Waals surface area contributed by atoms with E-state index in [0.717, 1.165) is 64.2 Å². The monoisotopic (exact) mass is 731 g/mol. The maximum Gasteiger partial charge on any atom is 0.472 e. The van der Waals surface area contributed by atoms with E-state index in [1.807, 2.05) is 0 Å². The summed E-state index contributed by atoms with van der Waals surface area (Å²) in [5, 5.41) is 8.85.